The van der Waals surface area contributed by atoms with Gasteiger partial charge in [-0.15, -0.1) is 0 Å². The summed E-state index contributed by atoms with van der Waals surface area (Å²) in [6.45, 7) is 2.40. The fraction of sp³-hybridized carbons (Fsp3) is 1.00. The largest absolute Gasteiger partial charge is 0.393 e. The van der Waals surface area contributed by atoms with Crippen molar-refractivity contribution in [2.45, 2.75) is 31.1 Å². The lowest BCUT2D eigenvalue weighted by atomic mass is 10.0. The quantitative estimate of drug-likeness (QED) is 0.815. The third kappa shape index (κ3) is 3.33. The van der Waals surface area contributed by atoms with Gasteiger partial charge in [-0.2, -0.15) is 13.2 Å². The molecular weight excluding hydrogens is 233 g/mol. The van der Waals surface area contributed by atoms with Crippen LogP contribution in [-0.4, -0.2) is 56.5 Å². The average Bonchev–Trinajstić information content (AvgIpc) is 2.59. The minimum absolute atomic E-state index is 0.00469. The van der Waals surface area contributed by atoms with E-state index < -0.39 is 12.1 Å². The van der Waals surface area contributed by atoms with Gasteiger partial charge in [-0.05, 0) is 26.4 Å². The highest BCUT2D eigenvalue weighted by Crippen LogP contribution is 2.33. The minimum Gasteiger partial charge on any atom is -0.378 e. The molecule has 0 aromatic rings. The zero-order valence-corrected chi connectivity index (χ0v) is 9.96. The molecule has 2 heterocycles. The molecular formula is C11H19F3N2O. The lowest BCUT2D eigenvalue weighted by Crippen LogP contribution is -2.48. The number of nitrogens with one attached hydrogen (secondary N) is 1. The molecule has 2 aliphatic heterocycles. The molecule has 1 N–H and O–H groups in total. The van der Waals surface area contributed by atoms with Gasteiger partial charge in [0.05, 0.1) is 25.2 Å². The maximum atomic E-state index is 12.5. The molecule has 0 bridgehead atoms. The topological polar surface area (TPSA) is 24.5 Å². The summed E-state index contributed by atoms with van der Waals surface area (Å²) in [5.74, 6) is -1.16. The molecule has 3 nitrogen and oxygen atoms in total. The Hall–Kier alpha value is -0.330. The Kier molecular flexibility index (Phi) is 3.95. The summed E-state index contributed by atoms with van der Waals surface area (Å²) in [6, 6.07) is 0.458. The van der Waals surface area contributed by atoms with Gasteiger partial charge in [0.25, 0.3) is 0 Å². The van der Waals surface area contributed by atoms with Crippen molar-refractivity contribution in [3.63, 3.8) is 0 Å². The molecule has 0 spiro atoms. The lowest BCUT2D eigenvalue weighted by Gasteiger charge is -2.35. The van der Waals surface area contributed by atoms with Crippen molar-refractivity contribution < 1.29 is 17.9 Å². The fourth-order valence-electron chi connectivity index (χ4n) is 2.31. The van der Waals surface area contributed by atoms with E-state index in [-0.39, 0.29) is 19.0 Å². The molecule has 2 unspecified atom stereocenters. The number of likely N-dealkylation sites (N-methyl/N-ethyl adjacent to an activating group) is 1. The summed E-state index contributed by atoms with van der Waals surface area (Å²) >= 11 is 0. The van der Waals surface area contributed by atoms with E-state index in [1.54, 1.807) is 0 Å². The Morgan fingerprint density at radius 3 is 2.53 bits per heavy atom. The van der Waals surface area contributed by atoms with Crippen LogP contribution in [0.4, 0.5) is 13.2 Å². The Morgan fingerprint density at radius 2 is 2.06 bits per heavy atom. The van der Waals surface area contributed by atoms with E-state index in [1.807, 2.05) is 7.05 Å². The van der Waals surface area contributed by atoms with Gasteiger partial charge in [0.2, 0.25) is 0 Å². The maximum absolute atomic E-state index is 12.5. The van der Waals surface area contributed by atoms with Gasteiger partial charge in [-0.3, -0.25) is 4.90 Å². The summed E-state index contributed by atoms with van der Waals surface area (Å²) in [6.07, 6.45) is -3.05. The lowest BCUT2D eigenvalue weighted by molar-refractivity contribution is -0.169. The molecule has 0 radical (unpaired) electrons. The second kappa shape index (κ2) is 5.12. The van der Waals surface area contributed by atoms with Crippen molar-refractivity contribution in [3.05, 3.63) is 0 Å². The van der Waals surface area contributed by atoms with E-state index in [4.69, 9.17) is 4.74 Å². The number of alkyl halides is 3. The summed E-state index contributed by atoms with van der Waals surface area (Å²) < 4.78 is 42.5. The molecule has 0 aromatic heterocycles. The number of rotatable bonds is 4. The summed E-state index contributed by atoms with van der Waals surface area (Å²) in [5.41, 5.74) is 0. The van der Waals surface area contributed by atoms with Crippen LogP contribution < -0.4 is 5.32 Å². The highest BCUT2D eigenvalue weighted by atomic mass is 19.4. The first-order valence-electron chi connectivity index (χ1n) is 6.05. The highest BCUT2D eigenvalue weighted by molar-refractivity contribution is 4.86. The smallest absolute Gasteiger partial charge is 0.378 e. The number of ether oxygens (including phenoxy) is 1. The Balaban J connectivity index is 1.67. The van der Waals surface area contributed by atoms with E-state index in [0.29, 0.717) is 6.04 Å². The van der Waals surface area contributed by atoms with E-state index >= 15 is 0 Å². The van der Waals surface area contributed by atoms with Crippen LogP contribution >= 0.6 is 0 Å². The maximum Gasteiger partial charge on any atom is 0.393 e. The van der Waals surface area contributed by atoms with Crippen molar-refractivity contribution in [3.8, 4) is 0 Å². The SMILES string of the molecule is CN(CCC1CC(C(F)(F)F)CN1)C1COC1. The van der Waals surface area contributed by atoms with Gasteiger partial charge in [0.1, 0.15) is 0 Å². The van der Waals surface area contributed by atoms with E-state index in [2.05, 4.69) is 10.2 Å². The molecule has 17 heavy (non-hydrogen) atoms. The fourth-order valence-corrected chi connectivity index (χ4v) is 2.31. The van der Waals surface area contributed by atoms with Gasteiger partial charge in [0.15, 0.2) is 0 Å². The molecule has 6 heteroatoms. The molecule has 0 aliphatic carbocycles. The molecule has 2 fully saturated rings. The molecule has 0 amide bonds. The number of nitrogens with zero attached hydrogens (tertiary/aromatic N) is 1. The molecule has 100 valence electrons. The predicted molar refractivity (Wildman–Crippen MR) is 57.8 cm³/mol. The normalized spacial score (nSPS) is 30.9. The van der Waals surface area contributed by atoms with Crippen molar-refractivity contribution in [2.24, 2.45) is 5.92 Å². The molecule has 2 saturated heterocycles. The third-order valence-electron chi connectivity index (χ3n) is 3.76. The average molecular weight is 252 g/mol. The number of hydrogen-bond acceptors (Lipinski definition) is 3. The zero-order chi connectivity index (χ0) is 12.5. The zero-order valence-electron chi connectivity index (χ0n) is 9.96. The van der Waals surface area contributed by atoms with E-state index in [0.717, 1.165) is 26.2 Å². The van der Waals surface area contributed by atoms with Crippen LogP contribution in [-0.2, 0) is 4.74 Å². The van der Waals surface area contributed by atoms with Crippen molar-refractivity contribution in [1.29, 1.82) is 0 Å². The van der Waals surface area contributed by atoms with Crippen molar-refractivity contribution in [2.75, 3.05) is 33.4 Å². The Morgan fingerprint density at radius 1 is 1.35 bits per heavy atom. The van der Waals surface area contributed by atoms with E-state index in [1.165, 1.54) is 0 Å². The minimum atomic E-state index is -4.05. The van der Waals surface area contributed by atoms with Crippen LogP contribution in [0.5, 0.6) is 0 Å². The van der Waals surface area contributed by atoms with Gasteiger partial charge < -0.3 is 10.1 Å². The van der Waals surface area contributed by atoms with Gasteiger partial charge in [-0.1, -0.05) is 0 Å². The van der Waals surface area contributed by atoms with Crippen LogP contribution in [0.3, 0.4) is 0 Å². The third-order valence-corrected chi connectivity index (χ3v) is 3.76. The van der Waals surface area contributed by atoms with Crippen molar-refractivity contribution in [1.82, 2.24) is 10.2 Å². The summed E-state index contributed by atoms with van der Waals surface area (Å²) in [4.78, 5) is 2.17. The molecule has 0 saturated carbocycles. The van der Waals surface area contributed by atoms with Crippen LogP contribution in [0.2, 0.25) is 0 Å². The molecule has 2 rings (SSSR count). The second-order valence-corrected chi connectivity index (χ2v) is 5.04. The van der Waals surface area contributed by atoms with Crippen molar-refractivity contribution >= 4 is 0 Å². The Labute approximate surface area is 99.3 Å². The second-order valence-electron chi connectivity index (χ2n) is 5.04. The number of hydrogen-bond donors (Lipinski definition) is 1. The first-order valence-corrected chi connectivity index (χ1v) is 6.05. The molecule has 0 aromatic carbocycles. The van der Waals surface area contributed by atoms with Crippen LogP contribution in [0.15, 0.2) is 0 Å². The van der Waals surface area contributed by atoms with E-state index in [9.17, 15) is 13.2 Å². The van der Waals surface area contributed by atoms with Crippen LogP contribution in [0, 0.1) is 5.92 Å². The monoisotopic (exact) mass is 252 g/mol. The first kappa shape index (κ1) is 13.1. The molecule has 2 aliphatic rings. The number of halogens is 3. The summed E-state index contributed by atoms with van der Waals surface area (Å²) in [7, 11) is 2.00. The Bertz CT molecular complexity index is 256. The standard InChI is InChI=1S/C11H19F3N2O/c1-16(10-6-17-7-10)3-2-9-4-8(5-15-9)11(12,13)14/h8-10,15H,2-7H2,1H3. The summed E-state index contributed by atoms with van der Waals surface area (Å²) in [5, 5.41) is 2.97. The van der Waals surface area contributed by atoms with Gasteiger partial charge >= 0.3 is 6.18 Å². The van der Waals surface area contributed by atoms with Crippen LogP contribution in [0.1, 0.15) is 12.8 Å². The predicted octanol–water partition coefficient (Wildman–Crippen LogP) is 1.25. The highest BCUT2D eigenvalue weighted by Gasteiger charge is 2.43. The van der Waals surface area contributed by atoms with Gasteiger partial charge in [-0.25, -0.2) is 0 Å². The molecule has 2 atom stereocenters. The van der Waals surface area contributed by atoms with Crippen LogP contribution in [0.25, 0.3) is 0 Å². The first-order chi connectivity index (χ1) is 7.97. The van der Waals surface area contributed by atoms with Gasteiger partial charge in [0, 0.05) is 12.6 Å².